The van der Waals surface area contributed by atoms with Gasteiger partial charge in [0.15, 0.2) is 11.5 Å². The number of nitrogens with two attached hydrogens (primary N) is 1. The Labute approximate surface area is 104 Å². The van der Waals surface area contributed by atoms with E-state index < -0.39 is 6.03 Å². The van der Waals surface area contributed by atoms with Crippen molar-refractivity contribution in [2.75, 3.05) is 20.2 Å². The van der Waals surface area contributed by atoms with Crippen LogP contribution < -0.4 is 21.1 Å². The summed E-state index contributed by atoms with van der Waals surface area (Å²) in [7, 11) is 1.42. The van der Waals surface area contributed by atoms with Gasteiger partial charge < -0.3 is 26.2 Å². The van der Waals surface area contributed by atoms with Crippen LogP contribution in [0.4, 0.5) is 4.79 Å². The van der Waals surface area contributed by atoms with Gasteiger partial charge in [0, 0.05) is 18.7 Å². The first kappa shape index (κ1) is 13.6. The number of nitrogens with one attached hydrogen (secondary N) is 2. The third kappa shape index (κ3) is 3.85. The van der Waals surface area contributed by atoms with Crippen molar-refractivity contribution in [2.45, 2.75) is 0 Å². The van der Waals surface area contributed by atoms with Gasteiger partial charge in [0.2, 0.25) is 0 Å². The quantitative estimate of drug-likeness (QED) is 0.544. The molecule has 0 spiro atoms. The van der Waals surface area contributed by atoms with Gasteiger partial charge in [-0.2, -0.15) is 0 Å². The fourth-order valence-electron chi connectivity index (χ4n) is 1.30. The maximum Gasteiger partial charge on any atom is 0.312 e. The van der Waals surface area contributed by atoms with Crippen molar-refractivity contribution in [1.29, 1.82) is 0 Å². The summed E-state index contributed by atoms with van der Waals surface area (Å²) < 4.78 is 4.86. The SMILES string of the molecule is COc1ccc(C(=O)NCCNC(N)=O)cc1O. The second-order valence-corrected chi connectivity index (χ2v) is 3.43. The highest BCUT2D eigenvalue weighted by atomic mass is 16.5. The lowest BCUT2D eigenvalue weighted by Gasteiger charge is -2.07. The zero-order chi connectivity index (χ0) is 13.5. The van der Waals surface area contributed by atoms with Crippen LogP contribution in [0.3, 0.4) is 0 Å². The molecule has 0 aliphatic carbocycles. The molecule has 3 amide bonds. The molecule has 0 saturated carbocycles. The predicted molar refractivity (Wildman–Crippen MR) is 64.6 cm³/mol. The number of carbonyl (C=O) groups is 2. The van der Waals surface area contributed by atoms with Crippen LogP contribution in [0.1, 0.15) is 10.4 Å². The Morgan fingerprint density at radius 1 is 1.33 bits per heavy atom. The fourth-order valence-corrected chi connectivity index (χ4v) is 1.30. The normalized spacial score (nSPS) is 9.61. The first-order valence-electron chi connectivity index (χ1n) is 5.23. The van der Waals surface area contributed by atoms with Crippen molar-refractivity contribution >= 4 is 11.9 Å². The Kier molecular flexibility index (Phi) is 4.79. The van der Waals surface area contributed by atoms with Gasteiger partial charge in [-0.1, -0.05) is 0 Å². The summed E-state index contributed by atoms with van der Waals surface area (Å²) in [5.74, 6) is -0.179. The van der Waals surface area contributed by atoms with Crippen LogP contribution in [0, 0.1) is 0 Å². The Balaban J connectivity index is 2.51. The number of methoxy groups -OCH3 is 1. The molecule has 1 aromatic rings. The average molecular weight is 253 g/mol. The molecule has 0 unspecified atom stereocenters. The summed E-state index contributed by atoms with van der Waals surface area (Å²) in [6, 6.07) is 3.67. The summed E-state index contributed by atoms with van der Waals surface area (Å²) in [4.78, 5) is 22.0. The van der Waals surface area contributed by atoms with E-state index in [4.69, 9.17) is 10.5 Å². The van der Waals surface area contributed by atoms with Crippen molar-refractivity contribution in [3.8, 4) is 11.5 Å². The molecular formula is C11H15N3O4. The molecule has 0 radical (unpaired) electrons. The Morgan fingerprint density at radius 3 is 2.56 bits per heavy atom. The summed E-state index contributed by atoms with van der Waals surface area (Å²) in [5, 5.41) is 14.4. The number of rotatable bonds is 5. The van der Waals surface area contributed by atoms with Crippen molar-refractivity contribution in [3.63, 3.8) is 0 Å². The maximum atomic E-state index is 11.6. The number of urea groups is 1. The van der Waals surface area contributed by atoms with E-state index in [1.807, 2.05) is 0 Å². The lowest BCUT2D eigenvalue weighted by Crippen LogP contribution is -2.37. The van der Waals surface area contributed by atoms with Crippen LogP contribution in [-0.4, -0.2) is 37.2 Å². The molecule has 18 heavy (non-hydrogen) atoms. The first-order chi connectivity index (χ1) is 8.54. The van der Waals surface area contributed by atoms with Crippen molar-refractivity contribution in [3.05, 3.63) is 23.8 Å². The number of primary amides is 1. The highest BCUT2D eigenvalue weighted by Gasteiger charge is 2.08. The summed E-state index contributed by atoms with van der Waals surface area (Å²) in [5.41, 5.74) is 5.16. The van der Waals surface area contributed by atoms with Crippen LogP contribution in [0.5, 0.6) is 11.5 Å². The van der Waals surface area contributed by atoms with Crippen molar-refractivity contribution < 1.29 is 19.4 Å². The molecular weight excluding hydrogens is 238 g/mol. The van der Waals surface area contributed by atoms with Crippen LogP contribution in [-0.2, 0) is 0 Å². The van der Waals surface area contributed by atoms with Gasteiger partial charge in [-0.25, -0.2) is 4.79 Å². The maximum absolute atomic E-state index is 11.6. The largest absolute Gasteiger partial charge is 0.504 e. The molecule has 98 valence electrons. The first-order valence-corrected chi connectivity index (χ1v) is 5.23. The van der Waals surface area contributed by atoms with E-state index in [2.05, 4.69) is 10.6 Å². The number of carbonyl (C=O) groups excluding carboxylic acids is 2. The fraction of sp³-hybridized carbons (Fsp3) is 0.273. The molecule has 1 aromatic carbocycles. The number of phenols is 1. The molecule has 1 rings (SSSR count). The highest BCUT2D eigenvalue weighted by molar-refractivity contribution is 5.94. The Morgan fingerprint density at radius 2 is 2.00 bits per heavy atom. The van der Waals surface area contributed by atoms with E-state index in [-0.39, 0.29) is 24.7 Å². The van der Waals surface area contributed by atoms with E-state index in [1.165, 1.54) is 25.3 Å². The van der Waals surface area contributed by atoms with Gasteiger partial charge in [0.1, 0.15) is 0 Å². The number of phenolic OH excluding ortho intramolecular Hbond substituents is 1. The van der Waals surface area contributed by atoms with Gasteiger partial charge in [-0.05, 0) is 18.2 Å². The third-order valence-corrected chi connectivity index (χ3v) is 2.15. The molecule has 0 fully saturated rings. The third-order valence-electron chi connectivity index (χ3n) is 2.15. The number of amides is 3. The van der Waals surface area contributed by atoms with Crippen LogP contribution in [0.2, 0.25) is 0 Å². The molecule has 0 bridgehead atoms. The monoisotopic (exact) mass is 253 g/mol. The van der Waals surface area contributed by atoms with E-state index in [9.17, 15) is 14.7 Å². The van der Waals surface area contributed by atoms with Gasteiger partial charge in [0.05, 0.1) is 7.11 Å². The molecule has 0 aromatic heterocycles. The molecule has 0 aliphatic rings. The standard InChI is InChI=1S/C11H15N3O4/c1-18-9-3-2-7(6-8(9)15)10(16)13-4-5-14-11(12)17/h2-3,6,15H,4-5H2,1H3,(H,13,16)(H3,12,14,17). The van der Waals surface area contributed by atoms with Crippen LogP contribution in [0.25, 0.3) is 0 Å². The molecule has 0 heterocycles. The van der Waals surface area contributed by atoms with E-state index in [1.54, 1.807) is 0 Å². The molecule has 7 heteroatoms. The summed E-state index contributed by atoms with van der Waals surface area (Å²) in [6.07, 6.45) is 0. The van der Waals surface area contributed by atoms with Crippen molar-refractivity contribution in [2.24, 2.45) is 5.73 Å². The molecule has 7 nitrogen and oxygen atoms in total. The minimum atomic E-state index is -0.647. The van der Waals surface area contributed by atoms with Gasteiger partial charge in [0.25, 0.3) is 5.91 Å². The average Bonchev–Trinajstić information content (AvgIpc) is 2.34. The summed E-state index contributed by atoms with van der Waals surface area (Å²) in [6.45, 7) is 0.484. The van der Waals surface area contributed by atoms with E-state index in [0.717, 1.165) is 0 Å². The van der Waals surface area contributed by atoms with Gasteiger partial charge in [-0.3, -0.25) is 4.79 Å². The van der Waals surface area contributed by atoms with E-state index >= 15 is 0 Å². The Hall–Kier alpha value is -2.44. The second kappa shape index (κ2) is 6.33. The number of hydrogen-bond acceptors (Lipinski definition) is 4. The van der Waals surface area contributed by atoms with Crippen LogP contribution >= 0.6 is 0 Å². The minimum absolute atomic E-state index is 0.111. The minimum Gasteiger partial charge on any atom is -0.504 e. The van der Waals surface area contributed by atoms with Crippen LogP contribution in [0.15, 0.2) is 18.2 Å². The molecule has 0 saturated heterocycles. The van der Waals surface area contributed by atoms with Crippen molar-refractivity contribution in [1.82, 2.24) is 10.6 Å². The summed E-state index contributed by atoms with van der Waals surface area (Å²) >= 11 is 0. The lowest BCUT2D eigenvalue weighted by atomic mass is 10.2. The molecule has 0 aliphatic heterocycles. The topological polar surface area (TPSA) is 114 Å². The zero-order valence-corrected chi connectivity index (χ0v) is 9.90. The number of benzene rings is 1. The molecule has 0 atom stereocenters. The highest BCUT2D eigenvalue weighted by Crippen LogP contribution is 2.25. The molecule has 5 N–H and O–H groups in total. The number of aromatic hydroxyl groups is 1. The van der Waals surface area contributed by atoms with Gasteiger partial charge in [-0.15, -0.1) is 0 Å². The zero-order valence-electron chi connectivity index (χ0n) is 9.90. The lowest BCUT2D eigenvalue weighted by molar-refractivity contribution is 0.0953. The Bertz CT molecular complexity index is 448. The van der Waals surface area contributed by atoms with E-state index in [0.29, 0.717) is 11.3 Å². The number of hydrogen-bond donors (Lipinski definition) is 4. The smallest absolute Gasteiger partial charge is 0.312 e. The second-order valence-electron chi connectivity index (χ2n) is 3.43. The number of ether oxygens (including phenoxy) is 1. The van der Waals surface area contributed by atoms with Gasteiger partial charge >= 0.3 is 6.03 Å². The predicted octanol–water partition coefficient (Wildman–Crippen LogP) is -0.201.